The molecule has 8 heteroatoms. The number of amidine groups is 2. The number of rotatable bonds is 7. The van der Waals surface area contributed by atoms with Crippen LogP contribution in [0.25, 0.3) is 0 Å². The van der Waals surface area contributed by atoms with Crippen LogP contribution in [0.1, 0.15) is 33.4 Å². The van der Waals surface area contributed by atoms with Gasteiger partial charge in [-0.1, -0.05) is 192 Å². The van der Waals surface area contributed by atoms with Gasteiger partial charge in [0.15, 0.2) is 22.7 Å². The molecule has 50 heavy (non-hydrogen) atoms. The van der Waals surface area contributed by atoms with Crippen LogP contribution < -0.4 is 0 Å². The van der Waals surface area contributed by atoms with Crippen LogP contribution in [0.3, 0.4) is 0 Å². The summed E-state index contributed by atoms with van der Waals surface area (Å²) in [5.74, 6) is 0.682. The first-order valence-corrected chi connectivity index (χ1v) is 17.4. The van der Waals surface area contributed by atoms with Crippen molar-refractivity contribution < 1.29 is 0 Å². The number of benzene rings is 6. The van der Waals surface area contributed by atoms with Gasteiger partial charge in [0.2, 0.25) is 0 Å². The molecule has 0 fully saturated rings. The van der Waals surface area contributed by atoms with E-state index in [0.29, 0.717) is 48.6 Å². The van der Waals surface area contributed by atoms with Gasteiger partial charge in [-0.15, -0.1) is 0 Å². The van der Waals surface area contributed by atoms with E-state index in [-0.39, 0.29) is 0 Å². The molecule has 0 saturated carbocycles. The molecule has 6 aromatic rings. The monoisotopic (exact) mass is 726 g/mol. The number of halogens is 4. The molecular formula is C42H26Cl4N4. The average molecular weight is 729 g/mol. The lowest BCUT2D eigenvalue weighted by Gasteiger charge is -2.31. The highest BCUT2D eigenvalue weighted by atomic mass is 35.5. The van der Waals surface area contributed by atoms with E-state index in [4.69, 9.17) is 66.4 Å². The minimum Gasteiger partial charge on any atom is -0.240 e. The van der Waals surface area contributed by atoms with Crippen LogP contribution in [-0.2, 0) is 11.1 Å². The Morgan fingerprint density at radius 1 is 0.360 bits per heavy atom. The molecule has 0 radical (unpaired) electrons. The van der Waals surface area contributed by atoms with Crippen LogP contribution in [0, 0.1) is 0 Å². The second-order valence-corrected chi connectivity index (χ2v) is 13.4. The summed E-state index contributed by atoms with van der Waals surface area (Å²) in [5.41, 5.74) is 3.80. The Kier molecular flexibility index (Phi) is 8.50. The summed E-state index contributed by atoms with van der Waals surface area (Å²) in [5, 5.41) is 1.38. The first-order chi connectivity index (χ1) is 24.4. The fourth-order valence-electron chi connectivity index (χ4n) is 6.80. The molecule has 2 aliphatic heterocycles. The van der Waals surface area contributed by atoms with Crippen molar-refractivity contribution >= 4 is 69.5 Å². The first-order valence-electron chi connectivity index (χ1n) is 15.9. The van der Waals surface area contributed by atoms with Crippen molar-refractivity contribution in [2.45, 2.75) is 11.1 Å². The Morgan fingerprint density at radius 2 is 0.720 bits per heavy atom. The Bertz CT molecular complexity index is 2260. The summed E-state index contributed by atoms with van der Waals surface area (Å²) in [6.45, 7) is 0. The summed E-state index contributed by atoms with van der Waals surface area (Å²) in [7, 11) is 0. The molecule has 0 bridgehead atoms. The fourth-order valence-corrected chi connectivity index (χ4v) is 7.68. The van der Waals surface area contributed by atoms with Crippen LogP contribution in [0.15, 0.2) is 178 Å². The second-order valence-electron chi connectivity index (χ2n) is 11.9. The summed E-state index contributed by atoms with van der Waals surface area (Å²) in [6, 6.07) is 51.2. The molecule has 0 aliphatic carbocycles. The quantitative estimate of drug-likeness (QED) is 0.157. The minimum absolute atomic E-state index is 0.318. The van der Waals surface area contributed by atoms with Crippen LogP contribution in [0.5, 0.6) is 0 Å². The maximum atomic E-state index is 7.08. The van der Waals surface area contributed by atoms with Gasteiger partial charge < -0.3 is 0 Å². The van der Waals surface area contributed by atoms with Crippen LogP contribution in [0.4, 0.5) is 0 Å². The zero-order chi connectivity index (χ0) is 34.3. The number of nitrogens with zero attached hydrogens (tertiary/aromatic N) is 4. The van der Waals surface area contributed by atoms with E-state index in [0.717, 1.165) is 28.0 Å². The van der Waals surface area contributed by atoms with Crippen molar-refractivity contribution in [3.8, 4) is 0 Å². The van der Waals surface area contributed by atoms with Gasteiger partial charge in [-0.05, 0) is 34.4 Å². The normalized spacial score (nSPS) is 16.0. The lowest BCUT2D eigenvalue weighted by Crippen LogP contribution is -2.35. The molecule has 2 aliphatic rings. The molecule has 0 amide bonds. The fraction of sp³-hybridized carbons (Fsp3) is 0.0476. The largest absolute Gasteiger partial charge is 0.240 e. The predicted molar refractivity (Wildman–Crippen MR) is 208 cm³/mol. The van der Waals surface area contributed by atoms with E-state index >= 15 is 0 Å². The third-order valence-corrected chi connectivity index (χ3v) is 10.7. The lowest BCUT2D eigenvalue weighted by atomic mass is 9.77. The summed E-state index contributed by atoms with van der Waals surface area (Å²) >= 11 is 27.6. The molecule has 0 N–H and O–H groups in total. The van der Waals surface area contributed by atoms with Gasteiger partial charge in [0.25, 0.3) is 0 Å². The molecule has 8 rings (SSSR count). The van der Waals surface area contributed by atoms with Gasteiger partial charge in [0.1, 0.15) is 0 Å². The summed E-state index contributed by atoms with van der Waals surface area (Å²) < 4.78 is 0. The third kappa shape index (κ3) is 5.23. The SMILES string of the molecule is Clc1cccc(C2(c3cccc(Cl)c3Cl)N=C(C3=NC(c4ccccc4)(c4ccccc4)C(c4ccccc4)=N3)N=C2c2ccccc2)c1Cl. The molecule has 0 saturated heterocycles. The molecule has 0 aromatic heterocycles. The smallest absolute Gasteiger partial charge is 0.194 e. The second kappa shape index (κ2) is 13.1. The third-order valence-electron chi connectivity index (χ3n) is 9.03. The van der Waals surface area contributed by atoms with Gasteiger partial charge in [-0.2, -0.15) is 0 Å². The van der Waals surface area contributed by atoms with Gasteiger partial charge >= 0.3 is 0 Å². The van der Waals surface area contributed by atoms with Crippen molar-refractivity contribution in [1.82, 2.24) is 0 Å². The van der Waals surface area contributed by atoms with Crippen molar-refractivity contribution in [2.24, 2.45) is 20.0 Å². The van der Waals surface area contributed by atoms with E-state index in [1.165, 1.54) is 0 Å². The zero-order valence-electron chi connectivity index (χ0n) is 26.3. The molecule has 4 nitrogen and oxygen atoms in total. The standard InChI is InChI=1S/C42H26Cl4N4/c43-33-25-13-23-31(35(33)45)42(32-24-14-26-34(44)36(32)46)38(28-17-7-2-8-18-28)48-40(50-42)39-47-37(27-15-5-1-6-16-27)41(49-39,29-19-9-3-10-20-29)30-21-11-4-12-22-30/h1-26H. The highest BCUT2D eigenvalue weighted by molar-refractivity contribution is 6.50. The Balaban J connectivity index is 1.48. The Hall–Kier alpha value is -4.84. The van der Waals surface area contributed by atoms with Crippen molar-refractivity contribution in [1.29, 1.82) is 0 Å². The molecule has 2 heterocycles. The van der Waals surface area contributed by atoms with E-state index in [1.807, 2.05) is 109 Å². The predicted octanol–water partition coefficient (Wildman–Crippen LogP) is 11.3. The molecule has 242 valence electrons. The van der Waals surface area contributed by atoms with E-state index in [2.05, 4.69) is 36.4 Å². The molecule has 0 atom stereocenters. The van der Waals surface area contributed by atoms with Gasteiger partial charge in [-0.3, -0.25) is 0 Å². The van der Waals surface area contributed by atoms with E-state index in [9.17, 15) is 0 Å². The van der Waals surface area contributed by atoms with Gasteiger partial charge in [0.05, 0.1) is 31.5 Å². The number of aliphatic imine (C=N–C) groups is 4. The van der Waals surface area contributed by atoms with E-state index < -0.39 is 11.1 Å². The van der Waals surface area contributed by atoms with Crippen LogP contribution in [-0.4, -0.2) is 23.1 Å². The number of hydrogen-bond donors (Lipinski definition) is 0. The Labute approximate surface area is 310 Å². The molecule has 6 aromatic carbocycles. The van der Waals surface area contributed by atoms with Crippen LogP contribution >= 0.6 is 46.4 Å². The highest BCUT2D eigenvalue weighted by Crippen LogP contribution is 2.50. The average Bonchev–Trinajstić information content (AvgIpc) is 3.77. The Morgan fingerprint density at radius 3 is 1.14 bits per heavy atom. The van der Waals surface area contributed by atoms with E-state index in [1.54, 1.807) is 12.1 Å². The first kappa shape index (κ1) is 32.4. The zero-order valence-corrected chi connectivity index (χ0v) is 29.3. The van der Waals surface area contributed by atoms with Crippen molar-refractivity contribution in [2.75, 3.05) is 0 Å². The molecule has 0 unspecified atom stereocenters. The topological polar surface area (TPSA) is 49.4 Å². The van der Waals surface area contributed by atoms with Crippen molar-refractivity contribution in [3.05, 3.63) is 211 Å². The van der Waals surface area contributed by atoms with Crippen LogP contribution in [0.2, 0.25) is 20.1 Å². The lowest BCUT2D eigenvalue weighted by molar-refractivity contribution is 0.744. The summed E-state index contributed by atoms with van der Waals surface area (Å²) in [6.07, 6.45) is 0. The number of hydrogen-bond acceptors (Lipinski definition) is 4. The highest BCUT2D eigenvalue weighted by Gasteiger charge is 2.50. The van der Waals surface area contributed by atoms with Gasteiger partial charge in [0, 0.05) is 11.1 Å². The summed E-state index contributed by atoms with van der Waals surface area (Å²) in [4.78, 5) is 21.6. The molecular weight excluding hydrogens is 702 g/mol. The van der Waals surface area contributed by atoms with Gasteiger partial charge in [-0.25, -0.2) is 20.0 Å². The minimum atomic E-state index is -1.36. The maximum absolute atomic E-state index is 7.08. The molecule has 0 spiro atoms. The maximum Gasteiger partial charge on any atom is 0.194 e. The van der Waals surface area contributed by atoms with Crippen molar-refractivity contribution in [3.63, 3.8) is 0 Å².